The summed E-state index contributed by atoms with van der Waals surface area (Å²) in [6.45, 7) is 8.23. The van der Waals surface area contributed by atoms with Crippen molar-refractivity contribution in [3.05, 3.63) is 0 Å². The second kappa shape index (κ2) is 6.93. The van der Waals surface area contributed by atoms with Crippen LogP contribution in [0.4, 0.5) is 0 Å². The highest BCUT2D eigenvalue weighted by Gasteiger charge is 2.24. The molecule has 0 radical (unpaired) electrons. The van der Waals surface area contributed by atoms with E-state index in [1.165, 1.54) is 0 Å². The lowest BCUT2D eigenvalue weighted by Crippen LogP contribution is -2.48. The van der Waals surface area contributed by atoms with E-state index in [0.29, 0.717) is 13.2 Å². The van der Waals surface area contributed by atoms with Crippen LogP contribution in [-0.2, 0) is 14.3 Å². The van der Waals surface area contributed by atoms with Crippen LogP contribution >= 0.6 is 0 Å². The third-order valence-corrected chi connectivity index (χ3v) is 2.67. The Kier molecular flexibility index (Phi) is 5.88. The Hall–Kier alpha value is -0.650. The Bertz CT molecular complexity index is 237. The van der Waals surface area contributed by atoms with Crippen molar-refractivity contribution in [2.75, 3.05) is 26.2 Å². The predicted molar refractivity (Wildman–Crippen MR) is 63.7 cm³/mol. The van der Waals surface area contributed by atoms with E-state index >= 15 is 0 Å². The molecular formula is C12H23NO4. The van der Waals surface area contributed by atoms with E-state index in [1.807, 2.05) is 13.8 Å². The zero-order valence-corrected chi connectivity index (χ0v) is 10.9. The van der Waals surface area contributed by atoms with Crippen LogP contribution in [0.25, 0.3) is 0 Å². The van der Waals surface area contributed by atoms with E-state index in [4.69, 9.17) is 9.47 Å². The summed E-state index contributed by atoms with van der Waals surface area (Å²) >= 11 is 0. The lowest BCUT2D eigenvalue weighted by molar-refractivity contribution is -0.146. The molecule has 0 spiro atoms. The Labute approximate surface area is 103 Å². The van der Waals surface area contributed by atoms with E-state index in [9.17, 15) is 9.90 Å². The SMILES string of the molecule is CCOC(=O)CC(O)CN1C[C@@H](C)O[C@@H](C)C1. The Morgan fingerprint density at radius 1 is 1.47 bits per heavy atom. The molecule has 0 aromatic heterocycles. The Morgan fingerprint density at radius 3 is 2.59 bits per heavy atom. The van der Waals surface area contributed by atoms with Crippen LogP contribution < -0.4 is 0 Å². The van der Waals surface area contributed by atoms with Gasteiger partial charge in [-0.2, -0.15) is 0 Å². The minimum absolute atomic E-state index is 0.0635. The second-order valence-electron chi connectivity index (χ2n) is 4.64. The molecule has 1 unspecified atom stereocenters. The molecule has 1 fully saturated rings. The fourth-order valence-electron chi connectivity index (χ4n) is 2.21. The zero-order valence-electron chi connectivity index (χ0n) is 10.9. The number of hydrogen-bond donors (Lipinski definition) is 1. The van der Waals surface area contributed by atoms with Gasteiger partial charge in [0.25, 0.3) is 0 Å². The van der Waals surface area contributed by atoms with Crippen LogP contribution in [0.15, 0.2) is 0 Å². The maximum atomic E-state index is 11.2. The van der Waals surface area contributed by atoms with Crippen LogP contribution in [0.2, 0.25) is 0 Å². The number of aliphatic hydroxyl groups excluding tert-OH is 1. The monoisotopic (exact) mass is 245 g/mol. The summed E-state index contributed by atoms with van der Waals surface area (Å²) in [6.07, 6.45) is -0.248. The number of rotatable bonds is 5. The van der Waals surface area contributed by atoms with Gasteiger partial charge < -0.3 is 14.6 Å². The summed E-state index contributed by atoms with van der Waals surface area (Å²) in [4.78, 5) is 13.3. The van der Waals surface area contributed by atoms with Crippen molar-refractivity contribution in [2.45, 2.75) is 45.5 Å². The van der Waals surface area contributed by atoms with Crippen molar-refractivity contribution in [2.24, 2.45) is 0 Å². The first-order valence-electron chi connectivity index (χ1n) is 6.22. The average molecular weight is 245 g/mol. The quantitative estimate of drug-likeness (QED) is 0.711. The third-order valence-electron chi connectivity index (χ3n) is 2.67. The molecule has 0 amide bonds. The van der Waals surface area contributed by atoms with E-state index in [-0.39, 0.29) is 24.6 Å². The van der Waals surface area contributed by atoms with Gasteiger partial charge in [-0.25, -0.2) is 0 Å². The average Bonchev–Trinajstić information content (AvgIpc) is 2.14. The molecule has 5 heteroatoms. The first kappa shape index (κ1) is 14.4. The second-order valence-corrected chi connectivity index (χ2v) is 4.64. The van der Waals surface area contributed by atoms with Crippen LogP contribution in [0.1, 0.15) is 27.2 Å². The zero-order chi connectivity index (χ0) is 12.8. The highest BCUT2D eigenvalue weighted by Crippen LogP contribution is 2.11. The molecule has 1 aliphatic rings. The van der Waals surface area contributed by atoms with E-state index in [2.05, 4.69) is 4.90 Å². The van der Waals surface area contributed by atoms with Gasteiger partial charge in [0.15, 0.2) is 0 Å². The molecule has 100 valence electrons. The molecule has 3 atom stereocenters. The third kappa shape index (κ3) is 5.48. The first-order valence-corrected chi connectivity index (χ1v) is 6.22. The van der Waals surface area contributed by atoms with Crippen LogP contribution in [0, 0.1) is 0 Å². The number of nitrogens with zero attached hydrogens (tertiary/aromatic N) is 1. The number of carbonyl (C=O) groups is 1. The lowest BCUT2D eigenvalue weighted by atomic mass is 10.2. The molecule has 0 bridgehead atoms. The topological polar surface area (TPSA) is 59.0 Å². The minimum Gasteiger partial charge on any atom is -0.466 e. The molecular weight excluding hydrogens is 222 g/mol. The maximum absolute atomic E-state index is 11.2. The van der Waals surface area contributed by atoms with Gasteiger partial charge >= 0.3 is 5.97 Å². The van der Waals surface area contributed by atoms with Crippen molar-refractivity contribution in [3.8, 4) is 0 Å². The van der Waals surface area contributed by atoms with Crippen molar-refractivity contribution in [1.82, 2.24) is 4.90 Å². The van der Waals surface area contributed by atoms with E-state index < -0.39 is 6.10 Å². The number of ether oxygens (including phenoxy) is 2. The summed E-state index contributed by atoms with van der Waals surface area (Å²) in [5, 5.41) is 9.79. The predicted octanol–water partition coefficient (Wildman–Crippen LogP) is 0.410. The molecule has 0 saturated carbocycles. The van der Waals surface area contributed by atoms with Crippen LogP contribution in [0.3, 0.4) is 0 Å². The molecule has 1 N–H and O–H groups in total. The Balaban J connectivity index is 2.30. The van der Waals surface area contributed by atoms with Gasteiger partial charge in [0.1, 0.15) is 0 Å². The normalized spacial score (nSPS) is 27.8. The highest BCUT2D eigenvalue weighted by atomic mass is 16.5. The molecule has 0 aromatic rings. The Morgan fingerprint density at radius 2 is 2.06 bits per heavy atom. The molecule has 5 nitrogen and oxygen atoms in total. The van der Waals surface area contributed by atoms with Crippen molar-refractivity contribution in [1.29, 1.82) is 0 Å². The minimum atomic E-state index is -0.661. The van der Waals surface area contributed by atoms with Gasteiger partial charge in [0.05, 0.1) is 31.3 Å². The largest absolute Gasteiger partial charge is 0.466 e. The molecule has 1 saturated heterocycles. The fraction of sp³-hybridized carbons (Fsp3) is 0.917. The molecule has 0 aromatic carbocycles. The van der Waals surface area contributed by atoms with E-state index in [1.54, 1.807) is 6.92 Å². The van der Waals surface area contributed by atoms with Crippen LogP contribution in [-0.4, -0.2) is 60.5 Å². The van der Waals surface area contributed by atoms with Crippen molar-refractivity contribution >= 4 is 5.97 Å². The van der Waals surface area contributed by atoms with Gasteiger partial charge in [-0.3, -0.25) is 9.69 Å². The van der Waals surface area contributed by atoms with Gasteiger partial charge in [-0.1, -0.05) is 0 Å². The highest BCUT2D eigenvalue weighted by molar-refractivity contribution is 5.69. The molecule has 1 rings (SSSR count). The fourth-order valence-corrected chi connectivity index (χ4v) is 2.21. The number of carbonyl (C=O) groups excluding carboxylic acids is 1. The molecule has 1 aliphatic heterocycles. The summed E-state index contributed by atoms with van der Waals surface area (Å²) < 4.78 is 10.4. The van der Waals surface area contributed by atoms with Gasteiger partial charge in [0.2, 0.25) is 0 Å². The lowest BCUT2D eigenvalue weighted by Gasteiger charge is -2.36. The molecule has 17 heavy (non-hydrogen) atoms. The summed E-state index contributed by atoms with van der Waals surface area (Å²) in [6, 6.07) is 0. The summed E-state index contributed by atoms with van der Waals surface area (Å²) in [7, 11) is 0. The van der Waals surface area contributed by atoms with E-state index in [0.717, 1.165) is 13.1 Å². The van der Waals surface area contributed by atoms with Gasteiger partial charge in [-0.05, 0) is 20.8 Å². The number of hydrogen-bond acceptors (Lipinski definition) is 5. The summed E-state index contributed by atoms with van der Waals surface area (Å²) in [5.74, 6) is -0.339. The molecule has 0 aliphatic carbocycles. The maximum Gasteiger partial charge on any atom is 0.308 e. The summed E-state index contributed by atoms with van der Waals surface area (Å²) in [5.41, 5.74) is 0. The van der Waals surface area contributed by atoms with Crippen molar-refractivity contribution in [3.63, 3.8) is 0 Å². The standard InChI is InChI=1S/C12H23NO4/c1-4-16-12(15)5-11(14)8-13-6-9(2)17-10(3)7-13/h9-11,14H,4-8H2,1-3H3/t9-,10+,11?. The first-order chi connectivity index (χ1) is 8.01. The van der Waals surface area contributed by atoms with Gasteiger partial charge in [0, 0.05) is 19.6 Å². The van der Waals surface area contributed by atoms with Gasteiger partial charge in [-0.15, -0.1) is 0 Å². The number of β-amino-alcohol motifs (C(OH)–C–C–N with tert-alkyl or cyclic N) is 1. The number of morpholine rings is 1. The smallest absolute Gasteiger partial charge is 0.308 e. The number of aliphatic hydroxyl groups is 1. The number of esters is 1. The van der Waals surface area contributed by atoms with Crippen LogP contribution in [0.5, 0.6) is 0 Å². The van der Waals surface area contributed by atoms with Crippen molar-refractivity contribution < 1.29 is 19.4 Å². The molecule has 1 heterocycles.